The first-order valence-electron chi connectivity index (χ1n) is 10.3. The molecule has 0 saturated heterocycles. The van der Waals surface area contributed by atoms with Crippen LogP contribution in [0.4, 0.5) is 13.2 Å². The number of carbonyl (C=O) groups is 2. The van der Waals surface area contributed by atoms with Crippen LogP contribution in [0.1, 0.15) is 91.8 Å². The quantitative estimate of drug-likeness (QED) is 0.257. The molecule has 29 heavy (non-hydrogen) atoms. The Morgan fingerprint density at radius 3 is 1.69 bits per heavy atom. The van der Waals surface area contributed by atoms with E-state index < -0.39 is 24.7 Å². The van der Waals surface area contributed by atoms with Crippen molar-refractivity contribution in [2.45, 2.75) is 77.3 Å². The van der Waals surface area contributed by atoms with Crippen LogP contribution in [0.5, 0.6) is 0 Å². The van der Waals surface area contributed by atoms with E-state index in [2.05, 4.69) is 11.7 Å². The van der Waals surface area contributed by atoms with Gasteiger partial charge in [-0.2, -0.15) is 13.2 Å². The van der Waals surface area contributed by atoms with Crippen LogP contribution in [0, 0.1) is 0 Å². The highest BCUT2D eigenvalue weighted by atomic mass is 19.4. The van der Waals surface area contributed by atoms with Gasteiger partial charge in [-0.05, 0) is 18.6 Å². The molecule has 1 aromatic rings. The summed E-state index contributed by atoms with van der Waals surface area (Å²) >= 11 is 0. The maximum absolute atomic E-state index is 12.2. The Morgan fingerprint density at radius 2 is 1.21 bits per heavy atom. The Balaban J connectivity index is 2.29. The molecule has 0 radical (unpaired) electrons. The highest BCUT2D eigenvalue weighted by molar-refractivity contribution is 6.03. The summed E-state index contributed by atoms with van der Waals surface area (Å²) in [7, 11) is 0. The second-order valence-corrected chi connectivity index (χ2v) is 7.05. The lowest BCUT2D eigenvalue weighted by molar-refractivity contribution is -0.161. The first-order valence-corrected chi connectivity index (χ1v) is 10.3. The summed E-state index contributed by atoms with van der Waals surface area (Å²) in [6.45, 7) is 0.708. The van der Waals surface area contributed by atoms with Crippen LogP contribution in [0.15, 0.2) is 24.3 Å². The zero-order chi connectivity index (χ0) is 21.5. The van der Waals surface area contributed by atoms with Crippen LogP contribution >= 0.6 is 0 Å². The molecule has 0 spiro atoms. The van der Waals surface area contributed by atoms with E-state index in [9.17, 15) is 22.8 Å². The zero-order valence-corrected chi connectivity index (χ0v) is 17.1. The molecule has 0 bridgehead atoms. The van der Waals surface area contributed by atoms with Gasteiger partial charge in [0.2, 0.25) is 0 Å². The zero-order valence-electron chi connectivity index (χ0n) is 17.1. The summed E-state index contributed by atoms with van der Waals surface area (Å²) in [5, 5.41) is 0. The molecular formula is C22H31F3O4. The molecule has 4 nitrogen and oxygen atoms in total. The van der Waals surface area contributed by atoms with Crippen molar-refractivity contribution < 1.29 is 32.2 Å². The summed E-state index contributed by atoms with van der Waals surface area (Å²) < 4.78 is 46.0. The molecule has 0 fully saturated rings. The molecule has 7 heteroatoms. The van der Waals surface area contributed by atoms with E-state index in [1.807, 2.05) is 0 Å². The van der Waals surface area contributed by atoms with Gasteiger partial charge in [0.1, 0.15) is 0 Å². The van der Waals surface area contributed by atoms with Gasteiger partial charge >= 0.3 is 18.1 Å². The average Bonchev–Trinajstić information content (AvgIpc) is 2.69. The van der Waals surface area contributed by atoms with Crippen molar-refractivity contribution in [1.29, 1.82) is 0 Å². The van der Waals surface area contributed by atoms with E-state index in [1.54, 1.807) is 0 Å². The standard InChI is InChI=1S/C22H31F3O4/c1-2-3-4-5-6-7-8-9-10-13-16-28-20(26)18-14-11-12-15-19(18)21(27)29-17-22(23,24)25/h11-12,14-15H,2-10,13,16-17H2,1H3. The summed E-state index contributed by atoms with van der Waals surface area (Å²) in [6.07, 6.45) is 6.88. The Bertz CT molecular complexity index is 614. The summed E-state index contributed by atoms with van der Waals surface area (Å²) in [6, 6.07) is 5.54. The number of halogens is 3. The number of esters is 2. The maximum atomic E-state index is 12.2. The van der Waals surface area contributed by atoms with E-state index in [-0.39, 0.29) is 17.7 Å². The fourth-order valence-electron chi connectivity index (χ4n) is 2.90. The SMILES string of the molecule is CCCCCCCCCCCCOC(=O)c1ccccc1C(=O)OCC(F)(F)F. The molecule has 0 saturated carbocycles. The molecule has 0 aromatic heterocycles. The van der Waals surface area contributed by atoms with Crippen LogP contribution in [0.2, 0.25) is 0 Å². The molecule has 0 heterocycles. The van der Waals surface area contributed by atoms with Crippen LogP contribution in [0.3, 0.4) is 0 Å². The Kier molecular flexibility index (Phi) is 12.1. The number of unbranched alkanes of at least 4 members (excludes halogenated alkanes) is 9. The molecule has 0 unspecified atom stereocenters. The fraction of sp³-hybridized carbons (Fsp3) is 0.636. The second-order valence-electron chi connectivity index (χ2n) is 7.05. The molecule has 164 valence electrons. The van der Waals surface area contributed by atoms with Gasteiger partial charge in [0, 0.05) is 0 Å². The van der Waals surface area contributed by atoms with Gasteiger partial charge in [0.25, 0.3) is 0 Å². The lowest BCUT2D eigenvalue weighted by Gasteiger charge is -2.11. The molecule has 0 N–H and O–H groups in total. The summed E-state index contributed by atoms with van der Waals surface area (Å²) in [5.41, 5.74) is -0.323. The molecule has 1 aromatic carbocycles. The average molecular weight is 416 g/mol. The van der Waals surface area contributed by atoms with Gasteiger partial charge in [0.15, 0.2) is 6.61 Å². The number of ether oxygens (including phenoxy) is 2. The van der Waals surface area contributed by atoms with Gasteiger partial charge in [-0.25, -0.2) is 9.59 Å². The molecule has 0 atom stereocenters. The highest BCUT2D eigenvalue weighted by Crippen LogP contribution is 2.18. The van der Waals surface area contributed by atoms with E-state index in [1.165, 1.54) is 62.8 Å². The monoisotopic (exact) mass is 416 g/mol. The minimum atomic E-state index is -4.62. The number of alkyl halides is 3. The minimum Gasteiger partial charge on any atom is -0.462 e. The molecule has 0 aliphatic heterocycles. The van der Waals surface area contributed by atoms with E-state index in [0.717, 1.165) is 19.3 Å². The Hall–Kier alpha value is -2.05. The van der Waals surface area contributed by atoms with Crippen LogP contribution in [0.25, 0.3) is 0 Å². The second kappa shape index (κ2) is 14.0. The lowest BCUT2D eigenvalue weighted by Crippen LogP contribution is -2.22. The van der Waals surface area contributed by atoms with Crippen LogP contribution < -0.4 is 0 Å². The molecular weight excluding hydrogens is 385 g/mol. The van der Waals surface area contributed by atoms with Gasteiger partial charge in [-0.1, -0.05) is 76.8 Å². The van der Waals surface area contributed by atoms with E-state index in [0.29, 0.717) is 6.42 Å². The topological polar surface area (TPSA) is 52.6 Å². The Labute approximate surface area is 170 Å². The number of rotatable bonds is 14. The highest BCUT2D eigenvalue weighted by Gasteiger charge is 2.30. The van der Waals surface area contributed by atoms with Gasteiger partial charge < -0.3 is 9.47 Å². The van der Waals surface area contributed by atoms with Crippen LogP contribution in [-0.4, -0.2) is 31.3 Å². The predicted molar refractivity (Wildman–Crippen MR) is 105 cm³/mol. The van der Waals surface area contributed by atoms with Crippen molar-refractivity contribution in [2.75, 3.05) is 13.2 Å². The lowest BCUT2D eigenvalue weighted by atomic mass is 10.1. The van der Waals surface area contributed by atoms with Crippen molar-refractivity contribution in [3.05, 3.63) is 35.4 Å². The number of carbonyl (C=O) groups excluding carboxylic acids is 2. The van der Waals surface area contributed by atoms with Crippen LogP contribution in [-0.2, 0) is 9.47 Å². The number of hydrogen-bond donors (Lipinski definition) is 0. The van der Waals surface area contributed by atoms with Gasteiger partial charge in [0.05, 0.1) is 17.7 Å². The molecule has 1 rings (SSSR count). The fourth-order valence-corrected chi connectivity index (χ4v) is 2.90. The van der Waals surface area contributed by atoms with Gasteiger partial charge in [-0.15, -0.1) is 0 Å². The normalized spacial score (nSPS) is 11.3. The molecule has 0 aliphatic rings. The number of benzene rings is 1. The minimum absolute atomic E-state index is 0.0910. The van der Waals surface area contributed by atoms with E-state index in [4.69, 9.17) is 4.74 Å². The molecule has 0 amide bonds. The van der Waals surface area contributed by atoms with Gasteiger partial charge in [-0.3, -0.25) is 0 Å². The number of hydrogen-bond acceptors (Lipinski definition) is 4. The van der Waals surface area contributed by atoms with E-state index >= 15 is 0 Å². The predicted octanol–water partition coefficient (Wildman–Crippen LogP) is 6.48. The third-order valence-corrected chi connectivity index (χ3v) is 4.46. The molecule has 0 aliphatic carbocycles. The van der Waals surface area contributed by atoms with Crippen molar-refractivity contribution >= 4 is 11.9 Å². The Morgan fingerprint density at radius 1 is 0.759 bits per heavy atom. The van der Waals surface area contributed by atoms with Crippen molar-refractivity contribution in [3.63, 3.8) is 0 Å². The van der Waals surface area contributed by atoms with Crippen molar-refractivity contribution in [2.24, 2.45) is 0 Å². The third kappa shape index (κ3) is 11.5. The first-order chi connectivity index (χ1) is 13.8. The largest absolute Gasteiger partial charge is 0.462 e. The summed E-state index contributed by atoms with van der Waals surface area (Å²) in [5.74, 6) is -1.94. The maximum Gasteiger partial charge on any atom is 0.422 e. The van der Waals surface area contributed by atoms with Crippen molar-refractivity contribution in [3.8, 4) is 0 Å². The smallest absolute Gasteiger partial charge is 0.422 e. The first kappa shape index (κ1) is 25.0. The van der Waals surface area contributed by atoms with Crippen molar-refractivity contribution in [1.82, 2.24) is 0 Å². The third-order valence-electron chi connectivity index (χ3n) is 4.46. The summed E-state index contributed by atoms with van der Waals surface area (Å²) in [4.78, 5) is 24.0.